The quantitative estimate of drug-likeness (QED) is 0.130. The number of ketones is 1. The molecule has 0 atom stereocenters. The van der Waals surface area contributed by atoms with Crippen LogP contribution in [0.4, 0.5) is 0 Å². The molecule has 1 amide bonds. The van der Waals surface area contributed by atoms with Gasteiger partial charge in [0.05, 0.1) is 24.1 Å². The van der Waals surface area contributed by atoms with Crippen molar-refractivity contribution in [3.63, 3.8) is 0 Å². The molecule has 1 fully saturated rings. The monoisotopic (exact) mass is 665 g/mol. The zero-order chi connectivity index (χ0) is 35.5. The number of carbonyl (C=O) groups is 6. The number of rotatable bonds is 13. The highest BCUT2D eigenvalue weighted by Gasteiger charge is 2.21. The van der Waals surface area contributed by atoms with Gasteiger partial charge in [0.2, 0.25) is 5.91 Å². The van der Waals surface area contributed by atoms with Crippen molar-refractivity contribution in [3.8, 4) is 0 Å². The van der Waals surface area contributed by atoms with Crippen molar-refractivity contribution in [2.24, 2.45) is 0 Å². The lowest BCUT2D eigenvalue weighted by atomic mass is 10.1. The first-order chi connectivity index (χ1) is 22.9. The molecule has 1 aliphatic rings. The number of aryl methyl sites for hydroxylation is 1. The predicted molar refractivity (Wildman–Crippen MR) is 174 cm³/mol. The molecule has 15 heteroatoms. The Labute approximate surface area is 276 Å². The lowest BCUT2D eigenvalue weighted by molar-refractivity contribution is -0.134. The van der Waals surface area contributed by atoms with E-state index in [9.17, 15) is 28.8 Å². The van der Waals surface area contributed by atoms with E-state index < -0.39 is 23.9 Å². The van der Waals surface area contributed by atoms with E-state index in [1.807, 2.05) is 55.5 Å². The van der Waals surface area contributed by atoms with Crippen molar-refractivity contribution in [1.82, 2.24) is 24.7 Å². The van der Waals surface area contributed by atoms with Crippen LogP contribution in [-0.4, -0.2) is 115 Å². The minimum absolute atomic E-state index is 0.0887. The minimum atomic E-state index is -1.26. The van der Waals surface area contributed by atoms with Crippen molar-refractivity contribution in [1.29, 1.82) is 0 Å². The molecule has 48 heavy (non-hydrogen) atoms. The third kappa shape index (κ3) is 14.6. The number of nitrogens with one attached hydrogen (secondary N) is 1. The summed E-state index contributed by atoms with van der Waals surface area (Å²) in [5, 5.41) is 34.1. The minimum Gasteiger partial charge on any atom is -0.478 e. The summed E-state index contributed by atoms with van der Waals surface area (Å²) in [4.78, 5) is 72.2. The van der Waals surface area contributed by atoms with Gasteiger partial charge in [-0.05, 0) is 19.1 Å². The molecule has 0 unspecified atom stereocenters. The van der Waals surface area contributed by atoms with Gasteiger partial charge in [-0.3, -0.25) is 19.4 Å². The van der Waals surface area contributed by atoms with Crippen molar-refractivity contribution in [3.05, 3.63) is 90.3 Å². The summed E-state index contributed by atoms with van der Waals surface area (Å²) in [5.74, 6) is -3.80. The van der Waals surface area contributed by atoms with Gasteiger partial charge in [-0.25, -0.2) is 24.2 Å². The Morgan fingerprint density at radius 2 is 1.23 bits per heavy atom. The van der Waals surface area contributed by atoms with Crippen LogP contribution in [0.3, 0.4) is 0 Å². The van der Waals surface area contributed by atoms with Gasteiger partial charge in [0.1, 0.15) is 5.82 Å². The number of carbonyl (C=O) groups excluding carboxylic acids is 2. The number of hydrogen-bond acceptors (Lipinski definition) is 9. The molecule has 0 aliphatic carbocycles. The van der Waals surface area contributed by atoms with Crippen molar-refractivity contribution < 1.29 is 49.2 Å². The van der Waals surface area contributed by atoms with Crippen LogP contribution < -0.4 is 5.32 Å². The number of aromatic nitrogens is 2. The van der Waals surface area contributed by atoms with E-state index in [4.69, 9.17) is 25.4 Å². The molecule has 1 aromatic heterocycles. The largest absolute Gasteiger partial charge is 0.478 e. The van der Waals surface area contributed by atoms with E-state index in [-0.39, 0.29) is 11.7 Å². The summed E-state index contributed by atoms with van der Waals surface area (Å²) in [6.45, 7) is 7.94. The molecule has 5 N–H and O–H groups in total. The fourth-order valence-electron chi connectivity index (χ4n) is 4.52. The fourth-order valence-corrected chi connectivity index (χ4v) is 4.52. The number of likely N-dealkylation sites (N-methyl/N-ethyl adjacent to an activating group) is 1. The zero-order valence-electron chi connectivity index (χ0n) is 26.4. The summed E-state index contributed by atoms with van der Waals surface area (Å²) >= 11 is 0. The number of amides is 1. The third-order valence-electron chi connectivity index (χ3n) is 6.70. The molecule has 0 radical (unpaired) electrons. The second kappa shape index (κ2) is 20.5. The van der Waals surface area contributed by atoms with Crippen molar-refractivity contribution in [2.75, 3.05) is 39.3 Å². The molecule has 0 spiro atoms. The Hall–Kier alpha value is -5.67. The van der Waals surface area contributed by atoms with Crippen LogP contribution >= 0.6 is 0 Å². The number of Topliss-reactive ketones (excluding diaryl/α,β-unsaturated/α-hetero) is 1. The topological polar surface area (TPSA) is 220 Å². The molecule has 1 saturated heterocycles. The van der Waals surface area contributed by atoms with Gasteiger partial charge in [-0.1, -0.05) is 42.5 Å². The SMILES string of the molecule is CCNC(=O)CN1CCN(Cc2nc3ccccc3n2CCC(=O)c2ccccc2)CC1.O=C(O)/C=C\C(=O)O.O=C(O)/C=C\C(=O)O. The second-order valence-electron chi connectivity index (χ2n) is 10.2. The van der Waals surface area contributed by atoms with Crippen molar-refractivity contribution in [2.45, 2.75) is 26.4 Å². The Bertz CT molecular complexity index is 1540. The molecular weight excluding hydrogens is 626 g/mol. The lowest BCUT2D eigenvalue weighted by Crippen LogP contribution is -2.49. The van der Waals surface area contributed by atoms with Crippen LogP contribution in [0.2, 0.25) is 0 Å². The van der Waals surface area contributed by atoms with Gasteiger partial charge >= 0.3 is 23.9 Å². The maximum Gasteiger partial charge on any atom is 0.328 e. The Morgan fingerprint density at radius 1 is 0.729 bits per heavy atom. The van der Waals surface area contributed by atoms with Gasteiger partial charge in [0.15, 0.2) is 5.78 Å². The first-order valence-corrected chi connectivity index (χ1v) is 14.9. The number of benzene rings is 2. The highest BCUT2D eigenvalue weighted by atomic mass is 16.4. The number of hydrogen-bond donors (Lipinski definition) is 5. The van der Waals surface area contributed by atoms with Crippen LogP contribution in [0.25, 0.3) is 11.0 Å². The Morgan fingerprint density at radius 3 is 1.75 bits per heavy atom. The van der Waals surface area contributed by atoms with E-state index >= 15 is 0 Å². The van der Waals surface area contributed by atoms with E-state index in [1.54, 1.807) is 0 Å². The highest BCUT2D eigenvalue weighted by molar-refractivity contribution is 5.96. The van der Waals surface area contributed by atoms with Crippen LogP contribution in [0.5, 0.6) is 0 Å². The van der Waals surface area contributed by atoms with Gasteiger partial charge in [0.25, 0.3) is 0 Å². The van der Waals surface area contributed by atoms with Crippen LogP contribution in [0.15, 0.2) is 78.9 Å². The number of para-hydroxylation sites is 2. The maximum absolute atomic E-state index is 12.7. The number of imidazole rings is 1. The summed E-state index contributed by atoms with van der Waals surface area (Å²) in [6.07, 6.45) is 2.67. The predicted octanol–water partition coefficient (Wildman–Crippen LogP) is 1.99. The van der Waals surface area contributed by atoms with Gasteiger partial charge in [-0.2, -0.15) is 0 Å². The molecule has 2 heterocycles. The number of fused-ring (bicyclic) bond motifs is 1. The third-order valence-corrected chi connectivity index (χ3v) is 6.70. The summed E-state index contributed by atoms with van der Waals surface area (Å²) < 4.78 is 2.19. The average Bonchev–Trinajstić information content (AvgIpc) is 3.40. The van der Waals surface area contributed by atoms with Crippen LogP contribution in [0, 0.1) is 0 Å². The molecule has 2 aromatic carbocycles. The molecule has 256 valence electrons. The average molecular weight is 666 g/mol. The van der Waals surface area contributed by atoms with Crippen LogP contribution in [-0.2, 0) is 37.1 Å². The number of nitrogens with zero attached hydrogens (tertiary/aromatic N) is 4. The number of aliphatic carboxylic acids is 4. The first kappa shape index (κ1) is 38.5. The second-order valence-corrected chi connectivity index (χ2v) is 10.2. The fraction of sp³-hybridized carbons (Fsp3) is 0.303. The molecule has 1 aliphatic heterocycles. The normalized spacial score (nSPS) is 13.3. The standard InChI is InChI=1S/C25H31N5O2.2C4H4O4/c1-2-26-25(32)19-29-16-14-28(15-17-29)18-24-27-21-10-6-7-11-22(21)30(24)13-12-23(31)20-8-4-3-5-9-20;2*5-3(6)1-2-4(7)8/h3-11H,2,12-19H2,1H3,(H,26,32);2*1-2H,(H,5,6)(H,7,8)/b;2*2-1-. The molecule has 0 saturated carbocycles. The van der Waals surface area contributed by atoms with Gasteiger partial charge < -0.3 is 30.3 Å². The summed E-state index contributed by atoms with van der Waals surface area (Å²) in [6, 6.07) is 17.6. The number of piperazine rings is 1. The molecule has 4 rings (SSSR count). The summed E-state index contributed by atoms with van der Waals surface area (Å²) in [7, 11) is 0. The van der Waals surface area contributed by atoms with E-state index in [0.29, 0.717) is 50.4 Å². The molecule has 0 bridgehead atoms. The maximum atomic E-state index is 12.7. The summed E-state index contributed by atoms with van der Waals surface area (Å²) in [5.41, 5.74) is 2.78. The van der Waals surface area contributed by atoms with Crippen molar-refractivity contribution >= 4 is 46.6 Å². The highest BCUT2D eigenvalue weighted by Crippen LogP contribution is 2.19. The zero-order valence-corrected chi connectivity index (χ0v) is 26.4. The van der Waals surface area contributed by atoms with Gasteiger partial charge in [-0.15, -0.1) is 0 Å². The Balaban J connectivity index is 0.000000414. The van der Waals surface area contributed by atoms with E-state index in [0.717, 1.165) is 55.1 Å². The van der Waals surface area contributed by atoms with Gasteiger partial charge in [0, 0.05) is 75.6 Å². The molecular formula is C33H39N5O10. The first-order valence-electron chi connectivity index (χ1n) is 14.9. The smallest absolute Gasteiger partial charge is 0.328 e. The lowest BCUT2D eigenvalue weighted by Gasteiger charge is -2.34. The number of carboxylic acids is 4. The molecule has 3 aromatic rings. The van der Waals surface area contributed by atoms with E-state index in [2.05, 4.69) is 25.8 Å². The molecule has 15 nitrogen and oxygen atoms in total. The Kier molecular flexibility index (Phi) is 16.4. The van der Waals surface area contributed by atoms with E-state index in [1.165, 1.54) is 0 Å². The van der Waals surface area contributed by atoms with Crippen LogP contribution in [0.1, 0.15) is 29.5 Å². The number of carboxylic acid groups (broad SMARTS) is 4.